The van der Waals surface area contributed by atoms with Crippen LogP contribution in [0.25, 0.3) is 10.9 Å². The molecule has 1 N–H and O–H groups in total. The summed E-state index contributed by atoms with van der Waals surface area (Å²) in [7, 11) is -1.74. The standard InChI is InChI=1S/C18H19N3O2S/c1-13-8-9-18(14(2)10-13)24(22,23)20-19-11-15-12-21(3)17-7-5-4-6-16(15)17/h4-12,20H,1-3H3/b19-11+. The minimum Gasteiger partial charge on any atom is -0.350 e. The lowest BCUT2D eigenvalue weighted by molar-refractivity contribution is 0.584. The monoisotopic (exact) mass is 341 g/mol. The van der Waals surface area contributed by atoms with E-state index in [9.17, 15) is 8.42 Å². The summed E-state index contributed by atoms with van der Waals surface area (Å²) >= 11 is 0. The van der Waals surface area contributed by atoms with Crippen molar-refractivity contribution in [1.29, 1.82) is 0 Å². The highest BCUT2D eigenvalue weighted by molar-refractivity contribution is 7.89. The number of nitrogens with one attached hydrogen (secondary N) is 1. The van der Waals surface area contributed by atoms with Crippen molar-refractivity contribution in [3.8, 4) is 0 Å². The number of hydrogen-bond acceptors (Lipinski definition) is 3. The molecule has 0 aliphatic carbocycles. The predicted molar refractivity (Wildman–Crippen MR) is 96.8 cm³/mol. The molecular formula is C18H19N3O2S. The van der Waals surface area contributed by atoms with Crippen molar-refractivity contribution < 1.29 is 8.42 Å². The van der Waals surface area contributed by atoms with Gasteiger partial charge in [-0.15, -0.1) is 0 Å². The number of sulfonamides is 1. The highest BCUT2D eigenvalue weighted by Gasteiger charge is 2.15. The van der Waals surface area contributed by atoms with Crippen molar-refractivity contribution in [2.45, 2.75) is 18.7 Å². The summed E-state index contributed by atoms with van der Waals surface area (Å²) in [6.45, 7) is 3.70. The summed E-state index contributed by atoms with van der Waals surface area (Å²) < 4.78 is 26.8. The van der Waals surface area contributed by atoms with Gasteiger partial charge in [0.25, 0.3) is 10.0 Å². The van der Waals surface area contributed by atoms with Gasteiger partial charge in [0.1, 0.15) is 0 Å². The van der Waals surface area contributed by atoms with Gasteiger partial charge in [0, 0.05) is 29.7 Å². The Morgan fingerprint density at radius 1 is 1.12 bits per heavy atom. The van der Waals surface area contributed by atoms with Crippen LogP contribution in [0.5, 0.6) is 0 Å². The molecule has 3 aromatic rings. The van der Waals surface area contributed by atoms with E-state index in [1.807, 2.05) is 55.1 Å². The molecule has 1 aromatic heterocycles. The molecule has 6 heteroatoms. The summed E-state index contributed by atoms with van der Waals surface area (Å²) in [5.74, 6) is 0. The highest BCUT2D eigenvalue weighted by atomic mass is 32.2. The molecule has 0 radical (unpaired) electrons. The first-order valence-electron chi connectivity index (χ1n) is 7.55. The first-order chi connectivity index (χ1) is 11.4. The van der Waals surface area contributed by atoms with E-state index in [-0.39, 0.29) is 4.90 Å². The molecule has 0 amide bonds. The minimum absolute atomic E-state index is 0.239. The molecule has 3 rings (SSSR count). The van der Waals surface area contributed by atoms with Gasteiger partial charge in [-0.25, -0.2) is 4.83 Å². The largest absolute Gasteiger partial charge is 0.350 e. The predicted octanol–water partition coefficient (Wildman–Crippen LogP) is 3.11. The third kappa shape index (κ3) is 3.05. The smallest absolute Gasteiger partial charge is 0.276 e. The first kappa shape index (κ1) is 16.3. The van der Waals surface area contributed by atoms with Gasteiger partial charge in [-0.3, -0.25) is 0 Å². The molecule has 0 aliphatic heterocycles. The van der Waals surface area contributed by atoms with E-state index in [4.69, 9.17) is 0 Å². The summed E-state index contributed by atoms with van der Waals surface area (Å²) in [4.78, 5) is 2.53. The summed E-state index contributed by atoms with van der Waals surface area (Å²) in [6, 6.07) is 13.1. The molecule has 24 heavy (non-hydrogen) atoms. The molecule has 0 aliphatic rings. The van der Waals surface area contributed by atoms with Crippen molar-refractivity contribution in [2.75, 3.05) is 0 Å². The van der Waals surface area contributed by atoms with Crippen molar-refractivity contribution in [3.63, 3.8) is 0 Å². The van der Waals surface area contributed by atoms with Crippen LogP contribution < -0.4 is 4.83 Å². The van der Waals surface area contributed by atoms with Crippen LogP contribution in [0.1, 0.15) is 16.7 Å². The van der Waals surface area contributed by atoms with Gasteiger partial charge in [0.15, 0.2) is 0 Å². The quantitative estimate of drug-likeness (QED) is 0.585. The Balaban J connectivity index is 1.87. The van der Waals surface area contributed by atoms with Crippen LogP contribution in [-0.4, -0.2) is 19.2 Å². The SMILES string of the molecule is Cc1ccc(S(=O)(=O)N/N=C/c2cn(C)c3ccccc23)c(C)c1. The molecule has 0 spiro atoms. The molecule has 1 heterocycles. The zero-order valence-corrected chi connectivity index (χ0v) is 14.6. The van der Waals surface area contributed by atoms with E-state index in [2.05, 4.69) is 9.93 Å². The zero-order chi connectivity index (χ0) is 17.3. The Labute approximate surface area is 141 Å². The van der Waals surface area contributed by atoms with Gasteiger partial charge in [-0.05, 0) is 31.5 Å². The highest BCUT2D eigenvalue weighted by Crippen LogP contribution is 2.19. The number of para-hydroxylation sites is 1. The fraction of sp³-hybridized carbons (Fsp3) is 0.167. The number of nitrogens with zero attached hydrogens (tertiary/aromatic N) is 2. The lowest BCUT2D eigenvalue weighted by atomic mass is 10.2. The summed E-state index contributed by atoms with van der Waals surface area (Å²) in [6.07, 6.45) is 3.45. The van der Waals surface area contributed by atoms with Crippen LogP contribution in [0.15, 0.2) is 58.7 Å². The van der Waals surface area contributed by atoms with Crippen molar-refractivity contribution in [2.24, 2.45) is 12.1 Å². The van der Waals surface area contributed by atoms with Crippen molar-refractivity contribution in [1.82, 2.24) is 9.40 Å². The number of benzene rings is 2. The fourth-order valence-electron chi connectivity index (χ4n) is 2.79. The topological polar surface area (TPSA) is 63.5 Å². The number of aromatic nitrogens is 1. The van der Waals surface area contributed by atoms with Gasteiger partial charge < -0.3 is 4.57 Å². The van der Waals surface area contributed by atoms with E-state index in [1.165, 1.54) is 6.21 Å². The van der Waals surface area contributed by atoms with Gasteiger partial charge in [-0.1, -0.05) is 35.9 Å². The Bertz CT molecular complexity index is 1030. The zero-order valence-electron chi connectivity index (χ0n) is 13.8. The van der Waals surface area contributed by atoms with Gasteiger partial charge in [-0.2, -0.15) is 13.5 Å². The maximum absolute atomic E-state index is 12.4. The van der Waals surface area contributed by atoms with Crippen LogP contribution in [0, 0.1) is 13.8 Å². The van der Waals surface area contributed by atoms with E-state index in [0.717, 1.165) is 22.0 Å². The molecule has 2 aromatic carbocycles. The molecule has 0 saturated carbocycles. The Morgan fingerprint density at radius 2 is 1.88 bits per heavy atom. The number of aryl methyl sites for hydroxylation is 3. The summed E-state index contributed by atoms with van der Waals surface area (Å²) in [5.41, 5.74) is 3.64. The van der Waals surface area contributed by atoms with Crippen molar-refractivity contribution >= 4 is 27.1 Å². The van der Waals surface area contributed by atoms with Gasteiger partial charge in [0.2, 0.25) is 0 Å². The molecule has 0 fully saturated rings. The van der Waals surface area contributed by atoms with Crippen LogP contribution >= 0.6 is 0 Å². The molecule has 0 bridgehead atoms. The van der Waals surface area contributed by atoms with Crippen molar-refractivity contribution in [3.05, 3.63) is 65.4 Å². The van der Waals surface area contributed by atoms with Crippen LogP contribution in [0.4, 0.5) is 0 Å². The minimum atomic E-state index is -3.68. The second-order valence-electron chi connectivity index (χ2n) is 5.83. The van der Waals surface area contributed by atoms with E-state index in [0.29, 0.717) is 5.56 Å². The second kappa shape index (κ2) is 6.13. The van der Waals surface area contributed by atoms with Gasteiger partial charge >= 0.3 is 0 Å². The second-order valence-corrected chi connectivity index (χ2v) is 7.46. The fourth-order valence-corrected chi connectivity index (χ4v) is 3.81. The molecule has 0 unspecified atom stereocenters. The number of hydrazone groups is 1. The van der Waals surface area contributed by atoms with Crippen LogP contribution in [-0.2, 0) is 17.1 Å². The molecule has 5 nitrogen and oxygen atoms in total. The van der Waals surface area contributed by atoms with Gasteiger partial charge in [0.05, 0.1) is 11.1 Å². The lowest BCUT2D eigenvalue weighted by Crippen LogP contribution is -2.19. The Hall–Kier alpha value is -2.60. The van der Waals surface area contributed by atoms with E-state index >= 15 is 0 Å². The normalized spacial score (nSPS) is 12.1. The number of hydrogen-bond donors (Lipinski definition) is 1. The molecule has 0 saturated heterocycles. The third-order valence-corrected chi connectivity index (χ3v) is 5.31. The Kier molecular flexibility index (Phi) is 4.15. The maximum Gasteiger partial charge on any atom is 0.276 e. The maximum atomic E-state index is 12.4. The number of rotatable bonds is 4. The molecule has 0 atom stereocenters. The summed E-state index contributed by atoms with van der Waals surface area (Å²) in [5, 5.41) is 4.96. The molecular weight excluding hydrogens is 322 g/mol. The number of fused-ring (bicyclic) bond motifs is 1. The lowest BCUT2D eigenvalue weighted by Gasteiger charge is -2.07. The Morgan fingerprint density at radius 3 is 2.62 bits per heavy atom. The molecule has 124 valence electrons. The average Bonchev–Trinajstić information content (AvgIpc) is 2.84. The third-order valence-electron chi connectivity index (χ3n) is 3.92. The average molecular weight is 341 g/mol. The van der Waals surface area contributed by atoms with E-state index in [1.54, 1.807) is 19.1 Å². The first-order valence-corrected chi connectivity index (χ1v) is 9.03. The van der Waals surface area contributed by atoms with Crippen LogP contribution in [0.2, 0.25) is 0 Å². The van der Waals surface area contributed by atoms with Crippen LogP contribution in [0.3, 0.4) is 0 Å². The van der Waals surface area contributed by atoms with E-state index < -0.39 is 10.0 Å².